The smallest absolute Gasteiger partial charge is 0.525 e. The van der Waals surface area contributed by atoms with Gasteiger partial charge in [-0.3, -0.25) is 4.79 Å². The number of carboxylic acids is 1. The molecule has 3 heterocycles. The number of carboxylic acid groups (broad SMARTS) is 1. The lowest BCUT2D eigenvalue weighted by Crippen LogP contribution is -2.58. The second-order valence-corrected chi connectivity index (χ2v) is 6.56. The Hall–Kier alpha value is -3.07. The third-order valence-electron chi connectivity index (χ3n) is 4.75. The first-order chi connectivity index (χ1) is 13.0. The van der Waals surface area contributed by atoms with Crippen molar-refractivity contribution in [3.8, 4) is 5.75 Å². The Kier molecular flexibility index (Phi) is 4.45. The third-order valence-corrected chi connectivity index (χ3v) is 4.75. The minimum Gasteiger partial charge on any atom is -0.618 e. The number of fused-ring (bicyclic) bond motifs is 1. The predicted octanol–water partition coefficient (Wildman–Crippen LogP) is 0.982. The first-order valence-corrected chi connectivity index (χ1v) is 8.67. The highest BCUT2D eigenvalue weighted by Gasteiger charge is 2.39. The number of rotatable bonds is 4. The maximum absolute atomic E-state index is 12.3. The fourth-order valence-electron chi connectivity index (χ4n) is 3.31. The van der Waals surface area contributed by atoms with Crippen molar-refractivity contribution in [1.29, 1.82) is 0 Å². The number of amides is 1. The van der Waals surface area contributed by atoms with Crippen LogP contribution in [0.5, 0.6) is 5.75 Å². The summed E-state index contributed by atoms with van der Waals surface area (Å²) in [5.41, 5.74) is 1.05. The SMILES string of the molecule is O=C(O)c1cccc2c1OB(OC1CN(C(=O)c3cccc[n+]3[O-])C1)CC2. The number of nitrogens with zero attached hydrogens (tertiary/aromatic N) is 2. The van der Waals surface area contributed by atoms with Crippen molar-refractivity contribution in [3.05, 3.63) is 64.6 Å². The van der Waals surface area contributed by atoms with Gasteiger partial charge in [0, 0.05) is 25.2 Å². The fraction of sp³-hybridized carbons (Fsp3) is 0.278. The van der Waals surface area contributed by atoms with Crippen molar-refractivity contribution in [2.24, 2.45) is 0 Å². The molecule has 1 N–H and O–H groups in total. The summed E-state index contributed by atoms with van der Waals surface area (Å²) in [5.74, 6) is -1.03. The van der Waals surface area contributed by atoms with Gasteiger partial charge in [-0.25, -0.2) is 4.79 Å². The largest absolute Gasteiger partial charge is 0.618 e. The van der Waals surface area contributed by atoms with Crippen LogP contribution in [0, 0.1) is 5.21 Å². The maximum atomic E-state index is 12.3. The molecule has 0 aliphatic carbocycles. The molecule has 0 unspecified atom stereocenters. The molecule has 2 aromatic rings. The molecule has 138 valence electrons. The van der Waals surface area contributed by atoms with Crippen LogP contribution in [-0.4, -0.2) is 48.2 Å². The molecular weight excluding hydrogens is 351 g/mol. The number of hydrogen-bond acceptors (Lipinski definition) is 5. The number of pyridine rings is 1. The van der Waals surface area contributed by atoms with E-state index in [-0.39, 0.29) is 23.3 Å². The van der Waals surface area contributed by atoms with E-state index in [1.165, 1.54) is 23.2 Å². The molecule has 8 nitrogen and oxygen atoms in total. The number of aryl methyl sites for hydroxylation is 1. The molecule has 1 fully saturated rings. The van der Waals surface area contributed by atoms with E-state index in [4.69, 9.17) is 9.31 Å². The van der Waals surface area contributed by atoms with Crippen LogP contribution >= 0.6 is 0 Å². The summed E-state index contributed by atoms with van der Waals surface area (Å²) in [6.45, 7) is 0.724. The molecule has 1 aromatic heterocycles. The first-order valence-electron chi connectivity index (χ1n) is 8.67. The highest BCUT2D eigenvalue weighted by Crippen LogP contribution is 2.32. The van der Waals surface area contributed by atoms with Crippen molar-refractivity contribution in [1.82, 2.24) is 4.90 Å². The van der Waals surface area contributed by atoms with Gasteiger partial charge in [-0.15, -0.1) is 0 Å². The van der Waals surface area contributed by atoms with Gasteiger partial charge in [0.15, 0.2) is 6.20 Å². The van der Waals surface area contributed by atoms with Crippen molar-refractivity contribution in [3.63, 3.8) is 0 Å². The topological polar surface area (TPSA) is 103 Å². The van der Waals surface area contributed by atoms with Gasteiger partial charge < -0.3 is 24.5 Å². The zero-order chi connectivity index (χ0) is 19.0. The van der Waals surface area contributed by atoms with Crippen LogP contribution in [0.3, 0.4) is 0 Å². The number of aromatic carboxylic acids is 1. The minimum absolute atomic E-state index is 0.0740. The van der Waals surface area contributed by atoms with Crippen molar-refractivity contribution in [2.75, 3.05) is 13.1 Å². The van der Waals surface area contributed by atoms with E-state index in [1.54, 1.807) is 18.2 Å². The second-order valence-electron chi connectivity index (χ2n) is 6.56. The van der Waals surface area contributed by atoms with Crippen LogP contribution in [0.15, 0.2) is 42.6 Å². The lowest BCUT2D eigenvalue weighted by atomic mass is 9.77. The van der Waals surface area contributed by atoms with Gasteiger partial charge in [0.2, 0.25) is 0 Å². The molecule has 2 aliphatic rings. The molecule has 0 bridgehead atoms. The Morgan fingerprint density at radius 3 is 2.81 bits per heavy atom. The number of likely N-dealkylation sites (tertiary alicyclic amines) is 1. The fourth-order valence-corrected chi connectivity index (χ4v) is 3.31. The van der Waals surface area contributed by atoms with Crippen molar-refractivity contribution < 1.29 is 28.7 Å². The standard InChI is InChI=1S/C18H17BN2O6/c22-17(15-6-1-2-9-21(15)25)20-10-13(11-20)26-19-8-7-12-4-3-5-14(18(23)24)16(12)27-19/h1-6,9,13H,7-8,10-11H2,(H,23,24). The lowest BCUT2D eigenvalue weighted by Gasteiger charge is -2.40. The highest BCUT2D eigenvalue weighted by atomic mass is 16.6. The Morgan fingerprint density at radius 2 is 2.07 bits per heavy atom. The summed E-state index contributed by atoms with van der Waals surface area (Å²) in [6, 6.07) is 9.75. The molecule has 27 heavy (non-hydrogen) atoms. The lowest BCUT2D eigenvalue weighted by molar-refractivity contribution is -0.608. The van der Waals surface area contributed by atoms with Crippen LogP contribution < -0.4 is 9.38 Å². The highest BCUT2D eigenvalue weighted by molar-refractivity contribution is 6.46. The summed E-state index contributed by atoms with van der Waals surface area (Å²) >= 11 is 0. The molecule has 9 heteroatoms. The van der Waals surface area contributed by atoms with Crippen LogP contribution in [0.4, 0.5) is 0 Å². The monoisotopic (exact) mass is 368 g/mol. The Morgan fingerprint density at radius 1 is 1.26 bits per heavy atom. The quantitative estimate of drug-likeness (QED) is 0.490. The molecule has 0 radical (unpaired) electrons. The van der Waals surface area contributed by atoms with Crippen LogP contribution in [0.1, 0.15) is 26.4 Å². The van der Waals surface area contributed by atoms with E-state index >= 15 is 0 Å². The number of para-hydroxylation sites is 1. The average Bonchev–Trinajstić information content (AvgIpc) is 2.63. The van der Waals surface area contributed by atoms with Crippen LogP contribution in [0.25, 0.3) is 0 Å². The molecule has 1 saturated heterocycles. The molecule has 4 rings (SSSR count). The molecule has 0 spiro atoms. The summed E-state index contributed by atoms with van der Waals surface area (Å²) in [5, 5.41) is 21.0. The van der Waals surface area contributed by atoms with Gasteiger partial charge in [0.1, 0.15) is 5.75 Å². The van der Waals surface area contributed by atoms with E-state index < -0.39 is 13.1 Å². The van der Waals surface area contributed by atoms with Gasteiger partial charge in [0.05, 0.1) is 11.7 Å². The van der Waals surface area contributed by atoms with Gasteiger partial charge in [-0.1, -0.05) is 12.1 Å². The zero-order valence-corrected chi connectivity index (χ0v) is 14.4. The van der Waals surface area contributed by atoms with E-state index in [1.807, 2.05) is 6.07 Å². The Labute approximate surface area is 155 Å². The van der Waals surface area contributed by atoms with Gasteiger partial charge >= 0.3 is 19.0 Å². The number of carbonyl (C=O) groups is 2. The summed E-state index contributed by atoms with van der Waals surface area (Å²) < 4.78 is 12.2. The maximum Gasteiger partial charge on any atom is 0.525 e. The molecule has 1 amide bonds. The normalized spacial score (nSPS) is 16.3. The van der Waals surface area contributed by atoms with Gasteiger partial charge in [0.25, 0.3) is 5.69 Å². The van der Waals surface area contributed by atoms with E-state index in [0.29, 0.717) is 36.3 Å². The van der Waals surface area contributed by atoms with E-state index in [9.17, 15) is 19.9 Å². The molecule has 0 atom stereocenters. The zero-order valence-electron chi connectivity index (χ0n) is 14.4. The number of aromatic nitrogens is 1. The molecular formula is C18H17BN2O6. The van der Waals surface area contributed by atoms with E-state index in [2.05, 4.69) is 0 Å². The predicted molar refractivity (Wildman–Crippen MR) is 94.5 cm³/mol. The Balaban J connectivity index is 1.36. The second kappa shape index (κ2) is 6.92. The number of carbonyl (C=O) groups excluding carboxylic acids is 1. The molecule has 0 saturated carbocycles. The third kappa shape index (κ3) is 3.33. The number of benzene rings is 1. The van der Waals surface area contributed by atoms with Crippen molar-refractivity contribution >= 4 is 19.0 Å². The van der Waals surface area contributed by atoms with Crippen LogP contribution in [0.2, 0.25) is 6.32 Å². The van der Waals surface area contributed by atoms with Gasteiger partial charge in [-0.2, -0.15) is 4.73 Å². The average molecular weight is 368 g/mol. The summed E-state index contributed by atoms with van der Waals surface area (Å²) in [6.07, 6.45) is 2.35. The van der Waals surface area contributed by atoms with Crippen molar-refractivity contribution in [2.45, 2.75) is 18.8 Å². The summed E-state index contributed by atoms with van der Waals surface area (Å²) in [4.78, 5) is 25.2. The Bertz CT molecular complexity index is 899. The molecule has 1 aromatic carbocycles. The molecule has 2 aliphatic heterocycles. The van der Waals surface area contributed by atoms with Crippen LogP contribution in [-0.2, 0) is 11.1 Å². The first kappa shape index (κ1) is 17.4. The minimum atomic E-state index is -1.04. The summed E-state index contributed by atoms with van der Waals surface area (Å²) in [7, 11) is -0.554. The van der Waals surface area contributed by atoms with E-state index in [0.717, 1.165) is 5.56 Å². The van der Waals surface area contributed by atoms with Gasteiger partial charge in [-0.05, 0) is 30.4 Å². The number of hydrogen-bond donors (Lipinski definition) is 1.